The van der Waals surface area contributed by atoms with Crippen LogP contribution in [0.25, 0.3) is 0 Å². The topological polar surface area (TPSA) is 47.6 Å². The molecular formula is C17H21NO3. The lowest BCUT2D eigenvalue weighted by atomic mass is 9.97. The van der Waals surface area contributed by atoms with Crippen LogP contribution < -0.4 is 14.8 Å². The first-order valence-electron chi connectivity index (χ1n) is 7.69. The third kappa shape index (κ3) is 3.38. The molecule has 0 bridgehead atoms. The number of allylic oxidation sites excluding steroid dienone is 1. The molecular weight excluding hydrogens is 266 g/mol. The van der Waals surface area contributed by atoms with E-state index in [9.17, 15) is 4.79 Å². The summed E-state index contributed by atoms with van der Waals surface area (Å²) in [6.07, 6.45) is 8.18. The van der Waals surface area contributed by atoms with Crippen LogP contribution in [0.2, 0.25) is 0 Å². The van der Waals surface area contributed by atoms with Gasteiger partial charge in [0, 0.05) is 6.54 Å². The van der Waals surface area contributed by atoms with Gasteiger partial charge in [0.2, 0.25) is 0 Å². The molecule has 0 fully saturated rings. The van der Waals surface area contributed by atoms with Crippen molar-refractivity contribution in [2.45, 2.75) is 32.1 Å². The molecule has 1 N–H and O–H groups in total. The monoisotopic (exact) mass is 287 g/mol. The summed E-state index contributed by atoms with van der Waals surface area (Å²) in [5.74, 6) is 1.13. The fourth-order valence-electron chi connectivity index (χ4n) is 2.82. The van der Waals surface area contributed by atoms with E-state index in [4.69, 9.17) is 9.47 Å². The minimum absolute atomic E-state index is 0.0891. The SMILES string of the molecule is O=C(NCCC1=CCCCC1)c1cccc2c1OCCO2. The first-order chi connectivity index (χ1) is 10.3. The first-order valence-corrected chi connectivity index (χ1v) is 7.69. The number of ether oxygens (including phenoxy) is 2. The highest BCUT2D eigenvalue weighted by molar-refractivity contribution is 5.97. The third-order valence-electron chi connectivity index (χ3n) is 3.93. The Morgan fingerprint density at radius 3 is 2.95 bits per heavy atom. The van der Waals surface area contributed by atoms with Crippen molar-refractivity contribution in [2.75, 3.05) is 19.8 Å². The molecule has 0 saturated carbocycles. The molecule has 1 amide bonds. The number of benzene rings is 1. The fraction of sp³-hybridized carbons (Fsp3) is 0.471. The molecule has 4 heteroatoms. The molecule has 3 rings (SSSR count). The molecule has 0 radical (unpaired) electrons. The van der Waals surface area contributed by atoms with E-state index in [1.54, 1.807) is 6.07 Å². The molecule has 0 atom stereocenters. The van der Waals surface area contributed by atoms with Crippen LogP contribution in [0.1, 0.15) is 42.5 Å². The third-order valence-corrected chi connectivity index (χ3v) is 3.93. The van der Waals surface area contributed by atoms with E-state index in [0.29, 0.717) is 36.8 Å². The Morgan fingerprint density at radius 2 is 2.10 bits per heavy atom. The van der Waals surface area contributed by atoms with Gasteiger partial charge in [0.05, 0.1) is 5.56 Å². The van der Waals surface area contributed by atoms with Crippen molar-refractivity contribution in [3.8, 4) is 11.5 Å². The molecule has 1 aliphatic carbocycles. The summed E-state index contributed by atoms with van der Waals surface area (Å²) < 4.78 is 11.1. The number of amides is 1. The second-order valence-electron chi connectivity index (χ2n) is 5.44. The molecule has 112 valence electrons. The zero-order valence-electron chi connectivity index (χ0n) is 12.2. The van der Waals surface area contributed by atoms with E-state index in [2.05, 4.69) is 11.4 Å². The number of hydrogen-bond donors (Lipinski definition) is 1. The fourth-order valence-corrected chi connectivity index (χ4v) is 2.82. The van der Waals surface area contributed by atoms with E-state index in [0.717, 1.165) is 6.42 Å². The summed E-state index contributed by atoms with van der Waals surface area (Å²) in [6.45, 7) is 1.70. The highest BCUT2D eigenvalue weighted by Gasteiger charge is 2.20. The van der Waals surface area contributed by atoms with Crippen LogP contribution in [-0.4, -0.2) is 25.7 Å². The lowest BCUT2D eigenvalue weighted by Crippen LogP contribution is -2.27. The standard InChI is InChI=1S/C17H21NO3/c19-17(18-10-9-13-5-2-1-3-6-13)14-7-4-8-15-16(14)21-12-11-20-15/h4-5,7-8H,1-3,6,9-12H2,(H,18,19). The van der Waals surface area contributed by atoms with Crippen LogP contribution in [0.15, 0.2) is 29.8 Å². The van der Waals surface area contributed by atoms with Crippen molar-refractivity contribution >= 4 is 5.91 Å². The number of fused-ring (bicyclic) bond motifs is 1. The second-order valence-corrected chi connectivity index (χ2v) is 5.44. The zero-order chi connectivity index (χ0) is 14.5. The van der Waals surface area contributed by atoms with Gasteiger partial charge in [-0.15, -0.1) is 0 Å². The number of rotatable bonds is 4. The van der Waals surface area contributed by atoms with E-state index in [1.807, 2.05) is 12.1 Å². The van der Waals surface area contributed by atoms with Gasteiger partial charge in [0.15, 0.2) is 11.5 Å². The van der Waals surface area contributed by atoms with Crippen molar-refractivity contribution in [1.82, 2.24) is 5.32 Å². The van der Waals surface area contributed by atoms with Crippen molar-refractivity contribution in [3.63, 3.8) is 0 Å². The summed E-state index contributed by atoms with van der Waals surface area (Å²) in [5.41, 5.74) is 2.03. The smallest absolute Gasteiger partial charge is 0.255 e. The van der Waals surface area contributed by atoms with Crippen molar-refractivity contribution < 1.29 is 14.3 Å². The molecule has 1 aliphatic heterocycles. The lowest BCUT2D eigenvalue weighted by molar-refractivity contribution is 0.0943. The molecule has 1 aromatic carbocycles. The van der Waals surface area contributed by atoms with Crippen LogP contribution in [-0.2, 0) is 0 Å². The molecule has 2 aliphatic rings. The van der Waals surface area contributed by atoms with Gasteiger partial charge < -0.3 is 14.8 Å². The Hall–Kier alpha value is -1.97. The molecule has 0 unspecified atom stereocenters. The Balaban J connectivity index is 1.59. The number of carbonyl (C=O) groups is 1. The number of carbonyl (C=O) groups excluding carboxylic acids is 1. The average Bonchev–Trinajstić information content (AvgIpc) is 2.55. The van der Waals surface area contributed by atoms with E-state index < -0.39 is 0 Å². The maximum Gasteiger partial charge on any atom is 0.255 e. The van der Waals surface area contributed by atoms with Crippen LogP contribution in [0.3, 0.4) is 0 Å². The molecule has 1 aromatic rings. The van der Waals surface area contributed by atoms with Gasteiger partial charge in [-0.1, -0.05) is 17.7 Å². The summed E-state index contributed by atoms with van der Waals surface area (Å²) >= 11 is 0. The van der Waals surface area contributed by atoms with E-state index in [-0.39, 0.29) is 5.91 Å². The molecule has 0 spiro atoms. The Morgan fingerprint density at radius 1 is 1.19 bits per heavy atom. The Labute approximate surface area is 125 Å². The van der Waals surface area contributed by atoms with Gasteiger partial charge in [0.25, 0.3) is 5.91 Å². The Bertz CT molecular complexity index is 551. The molecule has 4 nitrogen and oxygen atoms in total. The minimum Gasteiger partial charge on any atom is -0.486 e. The molecule has 0 aromatic heterocycles. The molecule has 21 heavy (non-hydrogen) atoms. The van der Waals surface area contributed by atoms with Crippen LogP contribution in [0, 0.1) is 0 Å². The van der Waals surface area contributed by atoms with Gasteiger partial charge in [-0.25, -0.2) is 0 Å². The van der Waals surface area contributed by atoms with Gasteiger partial charge in [0.1, 0.15) is 13.2 Å². The van der Waals surface area contributed by atoms with Crippen molar-refractivity contribution in [1.29, 1.82) is 0 Å². The van der Waals surface area contributed by atoms with Gasteiger partial charge in [-0.05, 0) is 44.2 Å². The number of para-hydroxylation sites is 1. The minimum atomic E-state index is -0.0891. The van der Waals surface area contributed by atoms with Gasteiger partial charge >= 0.3 is 0 Å². The van der Waals surface area contributed by atoms with Gasteiger partial charge in [-0.2, -0.15) is 0 Å². The van der Waals surface area contributed by atoms with Crippen LogP contribution >= 0.6 is 0 Å². The Kier molecular flexibility index (Phi) is 4.43. The summed E-state index contributed by atoms with van der Waals surface area (Å²) in [4.78, 5) is 12.3. The highest BCUT2D eigenvalue weighted by Crippen LogP contribution is 2.33. The lowest BCUT2D eigenvalue weighted by Gasteiger charge is -2.20. The normalized spacial score (nSPS) is 17.0. The maximum atomic E-state index is 12.3. The number of nitrogens with one attached hydrogen (secondary N) is 1. The van der Waals surface area contributed by atoms with Crippen LogP contribution in [0.5, 0.6) is 11.5 Å². The van der Waals surface area contributed by atoms with E-state index >= 15 is 0 Å². The van der Waals surface area contributed by atoms with E-state index in [1.165, 1.54) is 31.3 Å². The largest absolute Gasteiger partial charge is 0.486 e. The van der Waals surface area contributed by atoms with Gasteiger partial charge in [-0.3, -0.25) is 4.79 Å². The summed E-state index contributed by atoms with van der Waals surface area (Å²) in [7, 11) is 0. The highest BCUT2D eigenvalue weighted by atomic mass is 16.6. The predicted octanol–water partition coefficient (Wildman–Crippen LogP) is 3.08. The average molecular weight is 287 g/mol. The van der Waals surface area contributed by atoms with Crippen LogP contribution in [0.4, 0.5) is 0 Å². The summed E-state index contributed by atoms with van der Waals surface area (Å²) in [6, 6.07) is 5.44. The maximum absolute atomic E-state index is 12.3. The molecule has 0 saturated heterocycles. The van der Waals surface area contributed by atoms with Crippen molar-refractivity contribution in [3.05, 3.63) is 35.4 Å². The predicted molar refractivity (Wildman–Crippen MR) is 80.9 cm³/mol. The zero-order valence-corrected chi connectivity index (χ0v) is 12.2. The van der Waals surface area contributed by atoms with Crippen molar-refractivity contribution in [2.24, 2.45) is 0 Å². The first kappa shape index (κ1) is 14.0. The second kappa shape index (κ2) is 6.66. The number of hydrogen-bond acceptors (Lipinski definition) is 3. The molecule has 1 heterocycles. The quantitative estimate of drug-likeness (QED) is 0.866. The summed E-state index contributed by atoms with van der Waals surface area (Å²) in [5, 5.41) is 2.98.